The third-order valence-corrected chi connectivity index (χ3v) is 2.75. The zero-order valence-corrected chi connectivity index (χ0v) is 10.7. The summed E-state index contributed by atoms with van der Waals surface area (Å²) in [5, 5.41) is 7.64. The van der Waals surface area contributed by atoms with Gasteiger partial charge >= 0.3 is 0 Å². The Hall–Kier alpha value is -2.05. The van der Waals surface area contributed by atoms with Gasteiger partial charge < -0.3 is 0 Å². The fourth-order valence-corrected chi connectivity index (χ4v) is 1.55. The maximum atomic E-state index is 5.43. The van der Waals surface area contributed by atoms with Crippen LogP contribution in [0.2, 0.25) is 0 Å². The van der Waals surface area contributed by atoms with Crippen molar-refractivity contribution in [1.82, 2.24) is 15.1 Å². The number of hydrogen-bond donors (Lipinski definition) is 1. The Labute approximate surface area is 108 Å². The molecule has 18 heavy (non-hydrogen) atoms. The summed E-state index contributed by atoms with van der Waals surface area (Å²) < 4.78 is 1.86. The van der Waals surface area contributed by atoms with Gasteiger partial charge in [0, 0.05) is 18.3 Å². The van der Waals surface area contributed by atoms with Crippen LogP contribution in [0.4, 0.5) is 0 Å². The van der Waals surface area contributed by atoms with Crippen molar-refractivity contribution in [3.63, 3.8) is 0 Å². The fraction of sp³-hybridized carbons (Fsp3) is 0.267. The highest BCUT2D eigenvalue weighted by atomic mass is 15.3. The van der Waals surface area contributed by atoms with E-state index in [1.165, 1.54) is 0 Å². The molecule has 0 fully saturated rings. The number of para-hydroxylation sites is 1. The Morgan fingerprint density at radius 3 is 2.72 bits per heavy atom. The molecule has 0 radical (unpaired) electrons. The molecule has 0 bridgehead atoms. The molecule has 92 valence electrons. The van der Waals surface area contributed by atoms with E-state index in [4.69, 9.17) is 6.42 Å². The number of terminal acetylenes is 1. The van der Waals surface area contributed by atoms with Crippen LogP contribution in [-0.2, 0) is 6.54 Å². The van der Waals surface area contributed by atoms with E-state index in [1.54, 1.807) is 0 Å². The molecule has 2 aromatic rings. The van der Waals surface area contributed by atoms with Gasteiger partial charge in [0.05, 0.1) is 17.4 Å². The molecule has 2 rings (SSSR count). The molecular weight excluding hydrogens is 222 g/mol. The van der Waals surface area contributed by atoms with Gasteiger partial charge in [-0.1, -0.05) is 24.1 Å². The molecule has 0 amide bonds. The van der Waals surface area contributed by atoms with Crippen LogP contribution in [0.1, 0.15) is 19.4 Å². The van der Waals surface area contributed by atoms with Gasteiger partial charge in [-0.25, -0.2) is 4.68 Å². The Bertz CT molecular complexity index is 547. The molecule has 0 aliphatic carbocycles. The van der Waals surface area contributed by atoms with Crippen LogP contribution in [0.15, 0.2) is 42.7 Å². The van der Waals surface area contributed by atoms with Crippen molar-refractivity contribution in [2.45, 2.75) is 25.9 Å². The first-order chi connectivity index (χ1) is 8.61. The van der Waals surface area contributed by atoms with Gasteiger partial charge in [-0.05, 0) is 26.0 Å². The third-order valence-electron chi connectivity index (χ3n) is 2.75. The lowest BCUT2D eigenvalue weighted by Gasteiger charge is -2.18. The van der Waals surface area contributed by atoms with Crippen LogP contribution in [0.25, 0.3) is 5.69 Å². The number of nitrogens with zero attached hydrogens (tertiary/aromatic N) is 2. The molecule has 3 nitrogen and oxygen atoms in total. The van der Waals surface area contributed by atoms with Crippen LogP contribution in [0, 0.1) is 12.3 Å². The number of benzene rings is 1. The quantitative estimate of drug-likeness (QED) is 0.830. The average Bonchev–Trinajstić information content (AvgIpc) is 2.86. The van der Waals surface area contributed by atoms with Gasteiger partial charge in [0.1, 0.15) is 0 Å². The van der Waals surface area contributed by atoms with Crippen molar-refractivity contribution in [1.29, 1.82) is 0 Å². The van der Waals surface area contributed by atoms with Crippen LogP contribution in [0.5, 0.6) is 0 Å². The summed E-state index contributed by atoms with van der Waals surface area (Å²) in [6.45, 7) is 4.67. The van der Waals surface area contributed by atoms with Crippen molar-refractivity contribution in [2.24, 2.45) is 0 Å². The Balaban J connectivity index is 2.06. The second-order valence-corrected chi connectivity index (χ2v) is 4.75. The van der Waals surface area contributed by atoms with Crippen LogP contribution >= 0.6 is 0 Å². The van der Waals surface area contributed by atoms with Crippen LogP contribution in [-0.4, -0.2) is 15.3 Å². The highest BCUT2D eigenvalue weighted by molar-refractivity contribution is 5.30. The molecule has 3 heteroatoms. The largest absolute Gasteiger partial charge is 0.297 e. The number of nitrogens with one attached hydrogen (secondary N) is 1. The minimum Gasteiger partial charge on any atom is -0.297 e. The first-order valence-corrected chi connectivity index (χ1v) is 5.92. The third kappa shape index (κ3) is 2.99. The molecule has 1 aromatic heterocycles. The van der Waals surface area contributed by atoms with E-state index >= 15 is 0 Å². The molecule has 0 unspecified atom stereocenters. The summed E-state index contributed by atoms with van der Waals surface area (Å²) in [4.78, 5) is 0. The van der Waals surface area contributed by atoms with Crippen molar-refractivity contribution < 1.29 is 0 Å². The molecule has 0 atom stereocenters. The monoisotopic (exact) mass is 239 g/mol. The summed E-state index contributed by atoms with van der Waals surface area (Å²) in [6, 6.07) is 10.0. The Morgan fingerprint density at radius 2 is 2.06 bits per heavy atom. The number of rotatable bonds is 4. The van der Waals surface area contributed by atoms with E-state index in [1.807, 2.05) is 61.3 Å². The molecule has 1 aromatic carbocycles. The predicted molar refractivity (Wildman–Crippen MR) is 73.3 cm³/mol. The van der Waals surface area contributed by atoms with E-state index in [-0.39, 0.29) is 5.54 Å². The summed E-state index contributed by atoms with van der Waals surface area (Å²) in [5.41, 5.74) is 1.87. The zero-order valence-electron chi connectivity index (χ0n) is 10.7. The predicted octanol–water partition coefficient (Wildman–Crippen LogP) is 2.37. The van der Waals surface area contributed by atoms with E-state index in [0.717, 1.165) is 11.3 Å². The minimum absolute atomic E-state index is 0.297. The first kappa shape index (κ1) is 12.4. The van der Waals surface area contributed by atoms with Crippen molar-refractivity contribution >= 4 is 0 Å². The lowest BCUT2D eigenvalue weighted by atomic mass is 10.1. The Kier molecular flexibility index (Phi) is 3.50. The van der Waals surface area contributed by atoms with Crippen molar-refractivity contribution in [2.75, 3.05) is 0 Å². The molecule has 1 N–H and O–H groups in total. The summed E-state index contributed by atoms with van der Waals surface area (Å²) >= 11 is 0. The zero-order chi connectivity index (χ0) is 13.0. The van der Waals surface area contributed by atoms with Gasteiger partial charge in [-0.15, -0.1) is 6.42 Å². The Morgan fingerprint density at radius 1 is 1.33 bits per heavy atom. The smallest absolute Gasteiger partial charge is 0.0743 e. The van der Waals surface area contributed by atoms with Crippen LogP contribution in [0.3, 0.4) is 0 Å². The van der Waals surface area contributed by atoms with Gasteiger partial charge in [0.15, 0.2) is 0 Å². The molecular formula is C15H17N3. The molecule has 0 saturated carbocycles. The van der Waals surface area contributed by atoms with E-state index in [2.05, 4.69) is 16.3 Å². The second-order valence-electron chi connectivity index (χ2n) is 4.75. The SMILES string of the molecule is C#CC(C)(C)NCc1cnn(-c2ccccc2)c1. The van der Waals surface area contributed by atoms with Gasteiger partial charge in [-0.3, -0.25) is 5.32 Å². The summed E-state index contributed by atoms with van der Waals surface area (Å²) in [7, 11) is 0. The van der Waals surface area contributed by atoms with E-state index in [0.29, 0.717) is 6.54 Å². The topological polar surface area (TPSA) is 29.9 Å². The lowest BCUT2D eigenvalue weighted by Crippen LogP contribution is -2.36. The van der Waals surface area contributed by atoms with E-state index < -0.39 is 0 Å². The average molecular weight is 239 g/mol. The molecule has 0 aliphatic heterocycles. The fourth-order valence-electron chi connectivity index (χ4n) is 1.55. The lowest BCUT2D eigenvalue weighted by molar-refractivity contribution is 0.491. The molecule has 0 aliphatic rings. The summed E-state index contributed by atoms with van der Waals surface area (Å²) in [5.74, 6) is 2.71. The number of hydrogen-bond acceptors (Lipinski definition) is 2. The summed E-state index contributed by atoms with van der Waals surface area (Å²) in [6.07, 6.45) is 9.30. The maximum absolute atomic E-state index is 5.43. The minimum atomic E-state index is -0.297. The number of aromatic nitrogens is 2. The molecule has 0 spiro atoms. The normalized spacial score (nSPS) is 11.2. The van der Waals surface area contributed by atoms with Crippen molar-refractivity contribution in [3.05, 3.63) is 48.3 Å². The van der Waals surface area contributed by atoms with Gasteiger partial charge in [0.2, 0.25) is 0 Å². The van der Waals surface area contributed by atoms with E-state index in [9.17, 15) is 0 Å². The molecule has 0 saturated heterocycles. The van der Waals surface area contributed by atoms with Gasteiger partial charge in [0.25, 0.3) is 0 Å². The highest BCUT2D eigenvalue weighted by Gasteiger charge is 2.12. The van der Waals surface area contributed by atoms with Crippen LogP contribution < -0.4 is 5.32 Å². The molecule has 1 heterocycles. The van der Waals surface area contributed by atoms with Gasteiger partial charge in [-0.2, -0.15) is 5.10 Å². The second kappa shape index (κ2) is 5.07. The maximum Gasteiger partial charge on any atom is 0.0743 e. The standard InChI is InChI=1S/C15H17N3/c1-4-15(2,3)16-10-13-11-17-18(12-13)14-8-6-5-7-9-14/h1,5-9,11-12,16H,10H2,2-3H3. The van der Waals surface area contributed by atoms with Crippen molar-refractivity contribution in [3.8, 4) is 18.0 Å². The first-order valence-electron chi connectivity index (χ1n) is 5.92. The highest BCUT2D eigenvalue weighted by Crippen LogP contribution is 2.08.